The molecule has 1 amide bonds. The standard InChI is InChI=1S/C46H45N5O2/c1-6-32(26-29(3)51-40-18-12-10-14-35(40)36-15-11-13-19-41(36)51)33-22-20-31(21-23-33)28-49(5)34-24-25-39-42(27-34)50(7-2)45-43(48-39)37-16-8-9-17-38(37)46(53)44(45)47-30(4)52/h8-25,27,29,32H,6-7,26,28H2,1-5H3,(H,47,52). The summed E-state index contributed by atoms with van der Waals surface area (Å²) < 4.78 is 4.64. The van der Waals surface area contributed by atoms with E-state index in [-0.39, 0.29) is 17.0 Å². The second kappa shape index (κ2) is 13.9. The molecule has 2 unspecified atom stereocenters. The quantitative estimate of drug-likeness (QED) is 0.114. The van der Waals surface area contributed by atoms with Gasteiger partial charge in [-0.2, -0.15) is 0 Å². The lowest BCUT2D eigenvalue weighted by molar-refractivity contribution is -0.114. The number of para-hydroxylation sites is 2. The SMILES string of the molecule is CCC(CC(C)n1c2ccccc2c2ccccc21)c1ccc(CN(C)c2ccc3nc4c5ccccc5c(=O)c(NC(C)=O)c-4n(CC)c3c2)cc1. The Bertz CT molecular complexity index is 2620. The molecule has 0 spiro atoms. The maximum Gasteiger partial charge on any atom is 0.221 e. The molecule has 1 N–H and O–H groups in total. The summed E-state index contributed by atoms with van der Waals surface area (Å²) in [6, 6.07) is 40.8. The Balaban J connectivity index is 1.07. The summed E-state index contributed by atoms with van der Waals surface area (Å²) in [6.07, 6.45) is 2.13. The number of carbonyl (C=O) groups excluding carboxylic acids is 1. The number of rotatable bonds is 10. The number of fused-ring (bicyclic) bond motifs is 7. The van der Waals surface area contributed by atoms with Crippen molar-refractivity contribution in [3.8, 4) is 11.4 Å². The van der Waals surface area contributed by atoms with E-state index < -0.39 is 0 Å². The highest BCUT2D eigenvalue weighted by Crippen LogP contribution is 2.38. The van der Waals surface area contributed by atoms with E-state index in [4.69, 9.17) is 4.98 Å². The van der Waals surface area contributed by atoms with Crippen LogP contribution in [0.2, 0.25) is 0 Å². The number of nitrogens with zero attached hydrogens (tertiary/aromatic N) is 4. The van der Waals surface area contributed by atoms with Crippen molar-refractivity contribution in [1.82, 2.24) is 14.1 Å². The average Bonchev–Trinajstić information content (AvgIpc) is 3.52. The van der Waals surface area contributed by atoms with Crippen molar-refractivity contribution in [2.75, 3.05) is 17.3 Å². The topological polar surface area (TPSA) is 72.2 Å². The van der Waals surface area contributed by atoms with Crippen LogP contribution in [-0.2, 0) is 17.9 Å². The van der Waals surface area contributed by atoms with Crippen LogP contribution in [0, 0.1) is 0 Å². The van der Waals surface area contributed by atoms with Crippen LogP contribution in [0.5, 0.6) is 0 Å². The first kappa shape index (κ1) is 34.2. The van der Waals surface area contributed by atoms with Gasteiger partial charge in [-0.15, -0.1) is 0 Å². The third-order valence-corrected chi connectivity index (χ3v) is 11.0. The lowest BCUT2D eigenvalue weighted by Crippen LogP contribution is -2.21. The van der Waals surface area contributed by atoms with Gasteiger partial charge < -0.3 is 19.4 Å². The number of aromatic nitrogens is 3. The molecule has 2 atom stereocenters. The largest absolute Gasteiger partial charge is 0.370 e. The molecule has 1 aromatic heterocycles. The monoisotopic (exact) mass is 699 g/mol. The van der Waals surface area contributed by atoms with Gasteiger partial charge in [-0.3, -0.25) is 9.59 Å². The van der Waals surface area contributed by atoms with E-state index in [1.54, 1.807) is 6.07 Å². The first-order valence-corrected chi connectivity index (χ1v) is 18.7. The number of benzene rings is 6. The zero-order chi connectivity index (χ0) is 36.8. The number of anilines is 2. The highest BCUT2D eigenvalue weighted by Gasteiger charge is 2.25. The highest BCUT2D eigenvalue weighted by atomic mass is 16.2. The number of aryl methyl sites for hydroxylation is 1. The van der Waals surface area contributed by atoms with Gasteiger partial charge in [-0.1, -0.05) is 91.9 Å². The molecule has 8 rings (SSSR count). The van der Waals surface area contributed by atoms with Crippen molar-refractivity contribution in [1.29, 1.82) is 0 Å². The molecule has 266 valence electrons. The van der Waals surface area contributed by atoms with Crippen molar-refractivity contribution in [3.05, 3.63) is 137 Å². The molecule has 2 heterocycles. The Hall–Kier alpha value is -5.95. The molecular weight excluding hydrogens is 655 g/mol. The van der Waals surface area contributed by atoms with Crippen LogP contribution in [0.1, 0.15) is 63.6 Å². The van der Waals surface area contributed by atoms with Crippen LogP contribution in [-0.4, -0.2) is 27.1 Å². The molecule has 0 fully saturated rings. The third kappa shape index (κ3) is 6.00. The van der Waals surface area contributed by atoms with Gasteiger partial charge in [0.2, 0.25) is 11.3 Å². The van der Waals surface area contributed by atoms with E-state index in [1.807, 2.05) is 18.2 Å². The third-order valence-electron chi connectivity index (χ3n) is 11.0. The molecule has 0 bridgehead atoms. The Morgan fingerprint density at radius 2 is 1.42 bits per heavy atom. The van der Waals surface area contributed by atoms with Crippen LogP contribution in [0.4, 0.5) is 11.4 Å². The maximum absolute atomic E-state index is 13.7. The minimum absolute atomic E-state index is 0.199. The van der Waals surface area contributed by atoms with Crippen molar-refractivity contribution in [2.45, 2.75) is 65.6 Å². The minimum Gasteiger partial charge on any atom is -0.370 e. The Morgan fingerprint density at radius 1 is 0.792 bits per heavy atom. The second-order valence-corrected chi connectivity index (χ2v) is 14.3. The van der Waals surface area contributed by atoms with Gasteiger partial charge in [-0.25, -0.2) is 4.98 Å². The smallest absolute Gasteiger partial charge is 0.221 e. The summed E-state index contributed by atoms with van der Waals surface area (Å²) in [6.45, 7) is 9.48. The molecule has 5 aromatic carbocycles. The van der Waals surface area contributed by atoms with Crippen LogP contribution < -0.4 is 15.6 Å². The molecule has 0 radical (unpaired) electrons. The van der Waals surface area contributed by atoms with E-state index >= 15 is 0 Å². The van der Waals surface area contributed by atoms with Gasteiger partial charge in [0.15, 0.2) is 0 Å². The molecule has 1 aliphatic carbocycles. The predicted molar refractivity (Wildman–Crippen MR) is 220 cm³/mol. The lowest BCUT2D eigenvalue weighted by atomic mass is 9.89. The Morgan fingerprint density at radius 3 is 2.04 bits per heavy atom. The van der Waals surface area contributed by atoms with Gasteiger partial charge in [0.05, 0.1) is 22.4 Å². The average molecular weight is 700 g/mol. The van der Waals surface area contributed by atoms with Crippen molar-refractivity contribution >= 4 is 60.9 Å². The molecule has 7 heteroatoms. The Labute approximate surface area is 309 Å². The molecule has 53 heavy (non-hydrogen) atoms. The molecule has 6 aromatic rings. The number of nitrogens with one attached hydrogen (secondary N) is 1. The minimum atomic E-state index is -0.288. The summed E-state index contributed by atoms with van der Waals surface area (Å²) in [5.41, 5.74) is 9.41. The number of hydrogen-bond acceptors (Lipinski definition) is 4. The fourth-order valence-electron chi connectivity index (χ4n) is 8.42. The normalized spacial score (nSPS) is 12.9. The molecule has 7 nitrogen and oxygen atoms in total. The van der Waals surface area contributed by atoms with E-state index in [2.05, 4.69) is 138 Å². The van der Waals surface area contributed by atoms with Crippen LogP contribution in [0.25, 0.3) is 55.0 Å². The zero-order valence-corrected chi connectivity index (χ0v) is 31.1. The second-order valence-electron chi connectivity index (χ2n) is 14.3. The van der Waals surface area contributed by atoms with Crippen LogP contribution in [0.3, 0.4) is 0 Å². The molecular formula is C46H45N5O2. The fourth-order valence-corrected chi connectivity index (χ4v) is 8.42. The first-order valence-electron chi connectivity index (χ1n) is 18.7. The molecule has 2 aliphatic rings. The van der Waals surface area contributed by atoms with E-state index in [1.165, 1.54) is 39.9 Å². The summed E-state index contributed by atoms with van der Waals surface area (Å²) in [7, 11) is 2.11. The van der Waals surface area contributed by atoms with E-state index in [9.17, 15) is 9.59 Å². The van der Waals surface area contributed by atoms with E-state index in [0.717, 1.165) is 41.5 Å². The summed E-state index contributed by atoms with van der Waals surface area (Å²) in [5, 5.41) is 6.80. The van der Waals surface area contributed by atoms with Crippen LogP contribution >= 0.6 is 0 Å². The maximum atomic E-state index is 13.7. The van der Waals surface area contributed by atoms with Crippen molar-refractivity contribution < 1.29 is 4.79 Å². The van der Waals surface area contributed by atoms with Gasteiger partial charge in [0, 0.05) is 71.4 Å². The van der Waals surface area contributed by atoms with Crippen molar-refractivity contribution in [3.63, 3.8) is 0 Å². The molecule has 0 saturated carbocycles. The number of carbonyl (C=O) groups is 1. The Kier molecular flexibility index (Phi) is 8.95. The van der Waals surface area contributed by atoms with Gasteiger partial charge >= 0.3 is 0 Å². The zero-order valence-electron chi connectivity index (χ0n) is 31.1. The van der Waals surface area contributed by atoms with Gasteiger partial charge in [0.1, 0.15) is 5.69 Å². The molecule has 0 saturated heterocycles. The van der Waals surface area contributed by atoms with Gasteiger partial charge in [0.25, 0.3) is 0 Å². The summed E-state index contributed by atoms with van der Waals surface area (Å²) in [4.78, 5) is 33.3. The first-order chi connectivity index (χ1) is 25.8. The van der Waals surface area contributed by atoms with Crippen molar-refractivity contribution in [2.24, 2.45) is 0 Å². The van der Waals surface area contributed by atoms with Gasteiger partial charge in [-0.05, 0) is 74.1 Å². The number of hydrogen-bond donors (Lipinski definition) is 1. The summed E-state index contributed by atoms with van der Waals surface area (Å²) >= 11 is 0. The molecule has 1 aliphatic heterocycles. The van der Waals surface area contributed by atoms with Crippen LogP contribution in [0.15, 0.2) is 120 Å². The lowest BCUT2D eigenvalue weighted by Gasteiger charge is -2.25. The number of amides is 1. The summed E-state index contributed by atoms with van der Waals surface area (Å²) in [5.74, 6) is 0.155. The predicted octanol–water partition coefficient (Wildman–Crippen LogP) is 10.5. The van der Waals surface area contributed by atoms with E-state index in [0.29, 0.717) is 35.3 Å². The highest BCUT2D eigenvalue weighted by molar-refractivity contribution is 6.08. The fraction of sp³-hybridized carbons (Fsp3) is 0.239.